The molecule has 0 radical (unpaired) electrons. The van der Waals surface area contributed by atoms with E-state index in [1.165, 1.54) is 5.56 Å². The normalized spacial score (nSPS) is 18.4. The summed E-state index contributed by atoms with van der Waals surface area (Å²) in [6, 6.07) is 4.11. The predicted octanol–water partition coefficient (Wildman–Crippen LogP) is 0.515. The molecule has 0 saturated carbocycles. The Bertz CT molecular complexity index is 391. The van der Waals surface area contributed by atoms with Gasteiger partial charge in [0.15, 0.2) is 0 Å². The van der Waals surface area contributed by atoms with Gasteiger partial charge in [0.25, 0.3) is 0 Å². The zero-order valence-corrected chi connectivity index (χ0v) is 12.5. The average Bonchev–Trinajstić information content (AvgIpc) is 2.42. The fourth-order valence-electron chi connectivity index (χ4n) is 2.43. The van der Waals surface area contributed by atoms with Crippen LogP contribution in [0.4, 0.5) is 0 Å². The van der Waals surface area contributed by atoms with Crippen molar-refractivity contribution in [3.63, 3.8) is 0 Å². The Morgan fingerprint density at radius 1 is 1.40 bits per heavy atom. The molecule has 1 unspecified atom stereocenters. The monoisotopic (exact) mass is 279 g/mol. The Labute approximate surface area is 121 Å². The maximum Gasteiger partial charge on any atom is 0.0793 e. The highest BCUT2D eigenvalue weighted by molar-refractivity contribution is 5.11. The van der Waals surface area contributed by atoms with Crippen molar-refractivity contribution in [3.05, 3.63) is 29.6 Å². The standard InChI is InChI=1S/C15H25N3O2/c1-13-3-4-14(16-9-13)10-17(2)11-15(19)12-18-5-7-20-8-6-18/h3-4,9,15,19H,5-8,10-12H2,1-2H3. The molecule has 1 aliphatic heterocycles. The lowest BCUT2D eigenvalue weighted by Gasteiger charge is -2.30. The molecule has 1 aliphatic rings. The van der Waals surface area contributed by atoms with E-state index in [4.69, 9.17) is 4.74 Å². The van der Waals surface area contributed by atoms with Crippen molar-refractivity contribution >= 4 is 0 Å². The van der Waals surface area contributed by atoms with Crippen molar-refractivity contribution < 1.29 is 9.84 Å². The third-order valence-electron chi connectivity index (χ3n) is 3.50. The van der Waals surface area contributed by atoms with Crippen LogP contribution in [0.3, 0.4) is 0 Å². The van der Waals surface area contributed by atoms with Crippen LogP contribution in [-0.2, 0) is 11.3 Å². The van der Waals surface area contributed by atoms with Gasteiger partial charge in [-0.2, -0.15) is 0 Å². The number of aliphatic hydroxyl groups excluding tert-OH is 1. The van der Waals surface area contributed by atoms with E-state index in [-0.39, 0.29) is 6.10 Å². The van der Waals surface area contributed by atoms with Gasteiger partial charge in [0.05, 0.1) is 25.0 Å². The number of β-amino-alcohol motifs (C(OH)–C–C–N with tert-alkyl or cyclic N) is 1. The first kappa shape index (κ1) is 15.4. The van der Waals surface area contributed by atoms with Gasteiger partial charge in [-0.25, -0.2) is 0 Å². The van der Waals surface area contributed by atoms with Crippen molar-refractivity contribution in [2.75, 3.05) is 46.4 Å². The van der Waals surface area contributed by atoms with Crippen LogP contribution >= 0.6 is 0 Å². The number of pyridine rings is 1. The van der Waals surface area contributed by atoms with Crippen LogP contribution in [0.2, 0.25) is 0 Å². The summed E-state index contributed by atoms with van der Waals surface area (Å²) in [5, 5.41) is 10.1. The maximum absolute atomic E-state index is 10.1. The third-order valence-corrected chi connectivity index (χ3v) is 3.50. The minimum absolute atomic E-state index is 0.330. The average molecular weight is 279 g/mol. The lowest BCUT2D eigenvalue weighted by Crippen LogP contribution is -2.44. The molecular formula is C15H25N3O2. The third kappa shape index (κ3) is 5.17. The Balaban J connectivity index is 1.72. The lowest BCUT2D eigenvalue weighted by atomic mass is 10.2. The van der Waals surface area contributed by atoms with Crippen molar-refractivity contribution in [3.8, 4) is 0 Å². The number of morpholine rings is 1. The van der Waals surface area contributed by atoms with Gasteiger partial charge in [-0.15, -0.1) is 0 Å². The molecular weight excluding hydrogens is 254 g/mol. The zero-order chi connectivity index (χ0) is 14.4. The van der Waals surface area contributed by atoms with E-state index in [0.717, 1.165) is 45.1 Å². The van der Waals surface area contributed by atoms with Crippen LogP contribution < -0.4 is 0 Å². The molecule has 112 valence electrons. The quantitative estimate of drug-likeness (QED) is 0.822. The molecule has 2 rings (SSSR count). The molecule has 5 heteroatoms. The minimum atomic E-state index is -0.330. The Hall–Kier alpha value is -1.01. The highest BCUT2D eigenvalue weighted by atomic mass is 16.5. The summed E-state index contributed by atoms with van der Waals surface area (Å²) in [7, 11) is 2.02. The molecule has 0 aromatic carbocycles. The van der Waals surface area contributed by atoms with E-state index >= 15 is 0 Å². The zero-order valence-electron chi connectivity index (χ0n) is 12.5. The van der Waals surface area contributed by atoms with Crippen LogP contribution in [0.25, 0.3) is 0 Å². The smallest absolute Gasteiger partial charge is 0.0793 e. The van der Waals surface area contributed by atoms with Crippen molar-refractivity contribution in [2.45, 2.75) is 19.6 Å². The number of likely N-dealkylation sites (N-methyl/N-ethyl adjacent to an activating group) is 1. The van der Waals surface area contributed by atoms with Crippen LogP contribution in [0, 0.1) is 6.92 Å². The van der Waals surface area contributed by atoms with E-state index in [2.05, 4.69) is 20.9 Å². The molecule has 1 N–H and O–H groups in total. The summed E-state index contributed by atoms with van der Waals surface area (Å²) >= 11 is 0. The second-order valence-corrected chi connectivity index (χ2v) is 5.59. The summed E-state index contributed by atoms with van der Waals surface area (Å²) < 4.78 is 5.31. The molecule has 1 aromatic rings. The first-order valence-corrected chi connectivity index (χ1v) is 7.22. The summed E-state index contributed by atoms with van der Waals surface area (Å²) in [5.74, 6) is 0. The number of rotatable bonds is 6. The van der Waals surface area contributed by atoms with Crippen LogP contribution in [0.1, 0.15) is 11.3 Å². The topological polar surface area (TPSA) is 48.8 Å². The van der Waals surface area contributed by atoms with Crippen molar-refractivity contribution in [2.24, 2.45) is 0 Å². The van der Waals surface area contributed by atoms with Gasteiger partial charge in [0.1, 0.15) is 0 Å². The molecule has 1 saturated heterocycles. The minimum Gasteiger partial charge on any atom is -0.390 e. The lowest BCUT2D eigenvalue weighted by molar-refractivity contribution is 0.00819. The van der Waals surface area contributed by atoms with Crippen LogP contribution in [-0.4, -0.2) is 72.4 Å². The summed E-state index contributed by atoms with van der Waals surface area (Å²) in [6.07, 6.45) is 1.55. The molecule has 0 aliphatic carbocycles. The second-order valence-electron chi connectivity index (χ2n) is 5.59. The van der Waals surface area contributed by atoms with Crippen LogP contribution in [0.15, 0.2) is 18.3 Å². The predicted molar refractivity (Wildman–Crippen MR) is 78.6 cm³/mol. The molecule has 1 atom stereocenters. The number of aromatic nitrogens is 1. The molecule has 5 nitrogen and oxygen atoms in total. The first-order valence-electron chi connectivity index (χ1n) is 7.22. The number of aryl methyl sites for hydroxylation is 1. The second kappa shape index (κ2) is 7.69. The van der Waals surface area contributed by atoms with Crippen molar-refractivity contribution in [1.29, 1.82) is 0 Å². The van der Waals surface area contributed by atoms with E-state index in [9.17, 15) is 5.11 Å². The molecule has 0 amide bonds. The van der Waals surface area contributed by atoms with Crippen LogP contribution in [0.5, 0.6) is 0 Å². The molecule has 1 fully saturated rings. The highest BCUT2D eigenvalue weighted by Gasteiger charge is 2.16. The van der Waals surface area contributed by atoms with Gasteiger partial charge in [-0.3, -0.25) is 14.8 Å². The van der Waals surface area contributed by atoms with Gasteiger partial charge in [-0.05, 0) is 25.6 Å². The number of ether oxygens (including phenoxy) is 1. The first-order chi connectivity index (χ1) is 9.63. The number of hydrogen-bond donors (Lipinski definition) is 1. The molecule has 2 heterocycles. The summed E-state index contributed by atoms with van der Waals surface area (Å²) in [4.78, 5) is 8.76. The van der Waals surface area contributed by atoms with E-state index in [1.807, 2.05) is 26.2 Å². The van der Waals surface area contributed by atoms with Gasteiger partial charge >= 0.3 is 0 Å². The van der Waals surface area contributed by atoms with E-state index in [0.29, 0.717) is 6.54 Å². The molecule has 1 aromatic heterocycles. The molecule has 0 spiro atoms. The number of nitrogens with zero attached hydrogens (tertiary/aromatic N) is 3. The highest BCUT2D eigenvalue weighted by Crippen LogP contribution is 2.04. The van der Waals surface area contributed by atoms with E-state index in [1.54, 1.807) is 0 Å². The fourth-order valence-corrected chi connectivity index (χ4v) is 2.43. The van der Waals surface area contributed by atoms with Gasteiger partial charge in [0, 0.05) is 38.9 Å². The Kier molecular flexibility index (Phi) is 5.91. The largest absolute Gasteiger partial charge is 0.390 e. The number of hydrogen-bond acceptors (Lipinski definition) is 5. The Morgan fingerprint density at radius 2 is 2.15 bits per heavy atom. The Morgan fingerprint density at radius 3 is 2.80 bits per heavy atom. The van der Waals surface area contributed by atoms with Gasteiger partial charge in [0.2, 0.25) is 0 Å². The fraction of sp³-hybridized carbons (Fsp3) is 0.667. The van der Waals surface area contributed by atoms with Gasteiger partial charge in [-0.1, -0.05) is 6.07 Å². The van der Waals surface area contributed by atoms with Gasteiger partial charge < -0.3 is 9.84 Å². The van der Waals surface area contributed by atoms with Crippen molar-refractivity contribution in [1.82, 2.24) is 14.8 Å². The maximum atomic E-state index is 10.1. The molecule has 20 heavy (non-hydrogen) atoms. The summed E-state index contributed by atoms with van der Waals surface area (Å²) in [6.45, 7) is 7.56. The summed E-state index contributed by atoms with van der Waals surface area (Å²) in [5.41, 5.74) is 2.21. The molecule has 0 bridgehead atoms. The SMILES string of the molecule is Cc1ccc(CN(C)CC(O)CN2CCOCC2)nc1. The van der Waals surface area contributed by atoms with E-state index < -0.39 is 0 Å². The number of aliphatic hydroxyl groups is 1.